The monoisotopic (exact) mass is 601 g/mol. The van der Waals surface area contributed by atoms with Crippen molar-refractivity contribution in [3.8, 4) is 28.4 Å². The highest BCUT2D eigenvalue weighted by atomic mass is 32.2. The van der Waals surface area contributed by atoms with Crippen LogP contribution in [-0.4, -0.2) is 44.1 Å². The Balaban J connectivity index is 1.75. The van der Waals surface area contributed by atoms with Gasteiger partial charge < -0.3 is 24.1 Å². The smallest absolute Gasteiger partial charge is 0.407 e. The van der Waals surface area contributed by atoms with Crippen molar-refractivity contribution < 1.29 is 31.8 Å². The molecule has 0 atom stereocenters. The minimum Gasteiger partial charge on any atom is -0.490 e. The number of methoxy groups -OCH3 is 1. The largest absolute Gasteiger partial charge is 0.490 e. The first-order valence-electron chi connectivity index (χ1n) is 13.7. The van der Waals surface area contributed by atoms with E-state index >= 15 is 0 Å². The summed E-state index contributed by atoms with van der Waals surface area (Å²) in [5.41, 5.74) is 2.18. The molecule has 0 radical (unpaired) electrons. The molecule has 0 spiro atoms. The van der Waals surface area contributed by atoms with Gasteiger partial charge in [0.05, 0.1) is 19.0 Å². The van der Waals surface area contributed by atoms with Gasteiger partial charge in [0, 0.05) is 42.2 Å². The molecule has 3 aromatic rings. The maximum absolute atomic E-state index is 14.0. The van der Waals surface area contributed by atoms with Crippen LogP contribution in [0.1, 0.15) is 43.7 Å². The molecular weight excluding hydrogens is 565 g/mol. The van der Waals surface area contributed by atoms with Crippen molar-refractivity contribution in [3.05, 3.63) is 69.9 Å². The van der Waals surface area contributed by atoms with Gasteiger partial charge in [0.1, 0.15) is 23.1 Å². The van der Waals surface area contributed by atoms with Crippen molar-refractivity contribution in [1.82, 2.24) is 9.88 Å². The van der Waals surface area contributed by atoms with Crippen molar-refractivity contribution in [2.75, 3.05) is 17.6 Å². The number of aromatic nitrogens is 1. The topological polar surface area (TPSA) is 125 Å². The summed E-state index contributed by atoms with van der Waals surface area (Å²) in [6.45, 7) is 5.01. The van der Waals surface area contributed by atoms with Gasteiger partial charge >= 0.3 is 6.09 Å². The molecular formula is C30H36FN3O7S. The number of alkyl carbamates (subject to hydrolysis) is 1. The Hall–Kier alpha value is -4.06. The van der Waals surface area contributed by atoms with Crippen molar-refractivity contribution in [2.45, 2.75) is 58.6 Å². The molecule has 10 nitrogen and oxygen atoms in total. The summed E-state index contributed by atoms with van der Waals surface area (Å²) < 4.78 is 60.1. The highest BCUT2D eigenvalue weighted by Crippen LogP contribution is 2.42. The fourth-order valence-electron chi connectivity index (χ4n) is 4.96. The maximum Gasteiger partial charge on any atom is 0.407 e. The Kier molecular flexibility index (Phi) is 9.45. The lowest BCUT2D eigenvalue weighted by Crippen LogP contribution is -2.39. The third kappa shape index (κ3) is 7.41. The lowest BCUT2D eigenvalue weighted by Gasteiger charge is -2.30. The number of benzene rings is 2. The number of aryl methyl sites for hydroxylation is 3. The summed E-state index contributed by atoms with van der Waals surface area (Å²) in [4.78, 5) is 24.3. The molecule has 0 bridgehead atoms. The van der Waals surface area contributed by atoms with E-state index in [4.69, 9.17) is 14.2 Å². The molecule has 4 rings (SSSR count). The maximum atomic E-state index is 14.0. The summed E-state index contributed by atoms with van der Waals surface area (Å²) in [6.07, 6.45) is 3.53. The molecule has 2 aromatic carbocycles. The summed E-state index contributed by atoms with van der Waals surface area (Å²) in [5.74, 6) is 0.642. The summed E-state index contributed by atoms with van der Waals surface area (Å²) in [6, 6.07) is 8.94. The first-order valence-corrected chi connectivity index (χ1v) is 15.4. The van der Waals surface area contributed by atoms with Crippen molar-refractivity contribution in [1.29, 1.82) is 0 Å². The minimum atomic E-state index is -3.58. The number of hydrogen-bond donors (Lipinski definition) is 2. The van der Waals surface area contributed by atoms with E-state index in [1.807, 2.05) is 0 Å². The molecule has 0 unspecified atom stereocenters. The molecule has 1 aromatic heterocycles. The number of pyridine rings is 1. The van der Waals surface area contributed by atoms with Crippen LogP contribution in [0.15, 0.2) is 47.4 Å². The molecule has 42 heavy (non-hydrogen) atoms. The fraction of sp³-hybridized carbons (Fsp3) is 0.400. The molecule has 0 aliphatic heterocycles. The second-order valence-corrected chi connectivity index (χ2v) is 12.4. The van der Waals surface area contributed by atoms with Gasteiger partial charge in [-0.3, -0.25) is 9.52 Å². The summed E-state index contributed by atoms with van der Waals surface area (Å²) in [5, 5.41) is 2.81. The number of carbonyl (C=O) groups is 1. The van der Waals surface area contributed by atoms with Crippen molar-refractivity contribution >= 4 is 21.8 Å². The summed E-state index contributed by atoms with van der Waals surface area (Å²) >= 11 is 0. The Labute approximate surface area is 244 Å². The quantitative estimate of drug-likeness (QED) is 0.336. The van der Waals surface area contributed by atoms with E-state index in [9.17, 15) is 22.4 Å². The Morgan fingerprint density at radius 2 is 1.69 bits per heavy atom. The Morgan fingerprint density at radius 3 is 2.31 bits per heavy atom. The molecule has 12 heteroatoms. The highest BCUT2D eigenvalue weighted by molar-refractivity contribution is 7.92. The first-order chi connectivity index (χ1) is 19.9. The molecule has 1 aliphatic rings. The van der Waals surface area contributed by atoms with Gasteiger partial charge in [-0.25, -0.2) is 17.6 Å². The van der Waals surface area contributed by atoms with Crippen molar-refractivity contribution in [3.63, 3.8) is 0 Å². The van der Waals surface area contributed by atoms with Crippen LogP contribution in [0.4, 0.5) is 14.9 Å². The fourth-order valence-corrected chi connectivity index (χ4v) is 5.59. The van der Waals surface area contributed by atoms with Gasteiger partial charge in [-0.15, -0.1) is 0 Å². The van der Waals surface area contributed by atoms with Crippen LogP contribution < -0.4 is 25.1 Å². The van der Waals surface area contributed by atoms with E-state index in [-0.39, 0.29) is 29.3 Å². The Bertz CT molecular complexity index is 1610. The zero-order chi connectivity index (χ0) is 30.6. The second kappa shape index (κ2) is 12.8. The van der Waals surface area contributed by atoms with E-state index in [2.05, 4.69) is 10.0 Å². The number of carbonyl (C=O) groups excluding carboxylic acids is 1. The number of amides is 1. The number of nitrogens with zero attached hydrogens (tertiary/aromatic N) is 1. The normalized spacial score (nSPS) is 16.9. The molecule has 1 fully saturated rings. The second-order valence-electron chi connectivity index (χ2n) is 10.4. The number of sulfonamides is 1. The van der Waals surface area contributed by atoms with Crippen LogP contribution >= 0.6 is 0 Å². The molecule has 0 saturated heterocycles. The summed E-state index contributed by atoms with van der Waals surface area (Å²) in [7, 11) is -0.654. The van der Waals surface area contributed by atoms with E-state index in [0.717, 1.165) is 0 Å². The lowest BCUT2D eigenvalue weighted by atomic mass is 9.93. The van der Waals surface area contributed by atoms with Gasteiger partial charge in [0.25, 0.3) is 5.56 Å². The van der Waals surface area contributed by atoms with Gasteiger partial charge in [-0.05, 0) is 87.9 Å². The SMILES string of the molecule is CCS(=O)(=O)Nc1ccc(Oc2c(C)cc(F)cc2C)c(-c2cn(C)c(=O)cc2OC2CCC(NC(=O)OC)CC2)c1. The lowest BCUT2D eigenvalue weighted by molar-refractivity contribution is 0.129. The zero-order valence-corrected chi connectivity index (χ0v) is 25.1. The van der Waals surface area contributed by atoms with Crippen molar-refractivity contribution in [2.24, 2.45) is 7.05 Å². The van der Waals surface area contributed by atoms with E-state index in [1.54, 1.807) is 45.3 Å². The number of hydrogen-bond acceptors (Lipinski definition) is 7. The predicted molar refractivity (Wildman–Crippen MR) is 158 cm³/mol. The molecule has 1 aliphatic carbocycles. The standard InChI is InChI=1S/C30H36FN3O7S/c1-6-42(37,38)33-22-9-12-26(41-29-18(2)13-20(31)14-19(29)3)24(15-22)25-17-34(4)28(35)16-27(25)40-23-10-7-21(8-11-23)32-30(36)39-5/h9,12-17,21,23,33H,6-8,10-11H2,1-5H3,(H,32,36). The van der Waals surface area contributed by atoms with Crippen LogP contribution in [-0.2, 0) is 21.8 Å². The third-order valence-electron chi connectivity index (χ3n) is 7.23. The molecule has 1 saturated carbocycles. The van der Waals surface area contributed by atoms with E-state index in [1.165, 1.54) is 36.8 Å². The molecule has 2 N–H and O–H groups in total. The zero-order valence-electron chi connectivity index (χ0n) is 24.3. The average molecular weight is 602 g/mol. The van der Waals surface area contributed by atoms with Crippen LogP contribution in [0.2, 0.25) is 0 Å². The van der Waals surface area contributed by atoms with E-state index < -0.39 is 16.1 Å². The van der Waals surface area contributed by atoms with E-state index in [0.29, 0.717) is 70.9 Å². The first kappa shape index (κ1) is 30.9. The molecule has 1 heterocycles. The predicted octanol–water partition coefficient (Wildman–Crippen LogP) is 5.41. The number of anilines is 1. The molecule has 1 amide bonds. The van der Waals surface area contributed by atoms with Gasteiger partial charge in [0.15, 0.2) is 0 Å². The third-order valence-corrected chi connectivity index (χ3v) is 8.53. The Morgan fingerprint density at radius 1 is 1.02 bits per heavy atom. The van der Waals surface area contributed by atoms with Gasteiger partial charge in [0.2, 0.25) is 10.0 Å². The number of rotatable bonds is 9. The number of ether oxygens (including phenoxy) is 3. The number of halogens is 1. The van der Waals surface area contributed by atoms with Crippen LogP contribution in [0.3, 0.4) is 0 Å². The van der Waals surface area contributed by atoms with Gasteiger partial charge in [-0.1, -0.05) is 0 Å². The average Bonchev–Trinajstić information content (AvgIpc) is 2.94. The molecule has 226 valence electrons. The van der Waals surface area contributed by atoms with Crippen LogP contribution in [0.5, 0.6) is 17.2 Å². The number of nitrogens with one attached hydrogen (secondary N) is 2. The highest BCUT2D eigenvalue weighted by Gasteiger charge is 2.26. The van der Waals surface area contributed by atoms with Crippen LogP contribution in [0, 0.1) is 19.7 Å². The van der Waals surface area contributed by atoms with Crippen LogP contribution in [0.25, 0.3) is 11.1 Å². The van der Waals surface area contributed by atoms with Gasteiger partial charge in [-0.2, -0.15) is 0 Å². The minimum absolute atomic E-state index is 0.0362.